The molecular weight excluding hydrogens is 326 g/mol. The molecule has 2 aliphatic rings. The lowest BCUT2D eigenvalue weighted by Crippen LogP contribution is -2.44. The minimum Gasteiger partial charge on any atom is -0.341 e. The molecular formula is C21H31N3O2. The topological polar surface area (TPSA) is 43.9 Å². The monoisotopic (exact) mass is 357 g/mol. The summed E-state index contributed by atoms with van der Waals surface area (Å²) in [6, 6.07) is 10.2. The first-order valence-corrected chi connectivity index (χ1v) is 10.0. The Morgan fingerprint density at radius 1 is 1.08 bits per heavy atom. The van der Waals surface area contributed by atoms with Gasteiger partial charge in [-0.15, -0.1) is 0 Å². The zero-order chi connectivity index (χ0) is 18.4. The number of amides is 2. The van der Waals surface area contributed by atoms with Gasteiger partial charge in [0.15, 0.2) is 0 Å². The number of benzene rings is 1. The molecule has 3 rings (SSSR count). The number of nitrogens with zero attached hydrogens (tertiary/aromatic N) is 3. The molecule has 1 aromatic carbocycles. The Labute approximate surface area is 156 Å². The van der Waals surface area contributed by atoms with E-state index >= 15 is 0 Å². The van der Waals surface area contributed by atoms with Gasteiger partial charge in [-0.2, -0.15) is 0 Å². The number of unbranched alkanes of at least 4 members (excludes halogenated alkanes) is 1. The van der Waals surface area contributed by atoms with Gasteiger partial charge in [0.25, 0.3) is 0 Å². The number of likely N-dealkylation sites (tertiary alicyclic amines) is 1. The van der Waals surface area contributed by atoms with E-state index in [4.69, 9.17) is 0 Å². The highest BCUT2D eigenvalue weighted by Gasteiger charge is 2.36. The average molecular weight is 357 g/mol. The van der Waals surface area contributed by atoms with Crippen molar-refractivity contribution in [2.24, 2.45) is 0 Å². The van der Waals surface area contributed by atoms with Crippen molar-refractivity contribution in [1.29, 1.82) is 0 Å². The van der Waals surface area contributed by atoms with Gasteiger partial charge in [0.2, 0.25) is 11.8 Å². The Morgan fingerprint density at radius 2 is 1.88 bits per heavy atom. The molecule has 26 heavy (non-hydrogen) atoms. The van der Waals surface area contributed by atoms with Crippen LogP contribution >= 0.6 is 0 Å². The van der Waals surface area contributed by atoms with Gasteiger partial charge in [0.1, 0.15) is 0 Å². The highest BCUT2D eigenvalue weighted by atomic mass is 16.2. The van der Waals surface area contributed by atoms with Crippen LogP contribution in [0.1, 0.15) is 44.6 Å². The maximum atomic E-state index is 12.9. The van der Waals surface area contributed by atoms with Crippen LogP contribution < -0.4 is 0 Å². The summed E-state index contributed by atoms with van der Waals surface area (Å²) in [5.74, 6) is 0.525. The first-order valence-electron chi connectivity index (χ1n) is 10.0. The van der Waals surface area contributed by atoms with Crippen molar-refractivity contribution in [3.63, 3.8) is 0 Å². The van der Waals surface area contributed by atoms with Gasteiger partial charge in [0, 0.05) is 45.7 Å². The van der Waals surface area contributed by atoms with E-state index < -0.39 is 0 Å². The van der Waals surface area contributed by atoms with Crippen LogP contribution in [0.2, 0.25) is 0 Å². The van der Waals surface area contributed by atoms with Crippen molar-refractivity contribution in [3.05, 3.63) is 35.9 Å². The minimum absolute atomic E-state index is 0.00981. The zero-order valence-electron chi connectivity index (χ0n) is 15.9. The highest BCUT2D eigenvalue weighted by Crippen LogP contribution is 2.21. The summed E-state index contributed by atoms with van der Waals surface area (Å²) in [6.45, 7) is 6.95. The van der Waals surface area contributed by atoms with Crippen LogP contribution in [0.25, 0.3) is 0 Å². The fraction of sp³-hybridized carbons (Fsp3) is 0.619. The van der Waals surface area contributed by atoms with Crippen LogP contribution in [0.5, 0.6) is 0 Å². The molecule has 1 atom stereocenters. The van der Waals surface area contributed by atoms with E-state index in [1.165, 1.54) is 5.56 Å². The number of carbonyl (C=O) groups excluding carboxylic acids is 2. The molecule has 0 spiro atoms. The van der Waals surface area contributed by atoms with Crippen molar-refractivity contribution >= 4 is 11.8 Å². The average Bonchev–Trinajstić information content (AvgIpc) is 2.87. The standard InChI is InChI=1S/C21H31N3O2/c1-2-3-10-20(25)23-13-7-12-22(15-16-23)19-11-14-24(21(19)26)17-18-8-5-4-6-9-18/h4-6,8-9,19H,2-3,7,10-17H2,1H3/t19-/m1/s1. The largest absolute Gasteiger partial charge is 0.341 e. The van der Waals surface area contributed by atoms with Crippen LogP contribution in [0.4, 0.5) is 0 Å². The number of hydrogen-bond donors (Lipinski definition) is 0. The molecule has 0 saturated carbocycles. The van der Waals surface area contributed by atoms with Crippen LogP contribution in [-0.2, 0) is 16.1 Å². The summed E-state index contributed by atoms with van der Waals surface area (Å²) >= 11 is 0. The maximum absolute atomic E-state index is 12.9. The van der Waals surface area contributed by atoms with Gasteiger partial charge in [-0.3, -0.25) is 14.5 Å². The molecule has 5 heteroatoms. The summed E-state index contributed by atoms with van der Waals surface area (Å²) in [6.07, 6.45) is 4.54. The number of hydrogen-bond acceptors (Lipinski definition) is 3. The van der Waals surface area contributed by atoms with Gasteiger partial charge >= 0.3 is 0 Å². The quantitative estimate of drug-likeness (QED) is 0.786. The Bertz CT molecular complexity index is 605. The van der Waals surface area contributed by atoms with E-state index in [0.29, 0.717) is 13.0 Å². The Hall–Kier alpha value is -1.88. The zero-order valence-corrected chi connectivity index (χ0v) is 15.9. The smallest absolute Gasteiger partial charge is 0.240 e. The molecule has 0 N–H and O–H groups in total. The third-order valence-electron chi connectivity index (χ3n) is 5.55. The Kier molecular flexibility index (Phi) is 6.67. The fourth-order valence-corrected chi connectivity index (χ4v) is 4.01. The summed E-state index contributed by atoms with van der Waals surface area (Å²) in [4.78, 5) is 31.5. The molecule has 0 radical (unpaired) electrons. The maximum Gasteiger partial charge on any atom is 0.240 e. The third-order valence-corrected chi connectivity index (χ3v) is 5.55. The van der Waals surface area contributed by atoms with Crippen molar-refractivity contribution in [2.45, 2.75) is 51.6 Å². The van der Waals surface area contributed by atoms with Crippen molar-refractivity contribution < 1.29 is 9.59 Å². The van der Waals surface area contributed by atoms with E-state index in [1.54, 1.807) is 0 Å². The number of carbonyl (C=O) groups is 2. The van der Waals surface area contributed by atoms with Gasteiger partial charge < -0.3 is 9.80 Å². The molecule has 5 nitrogen and oxygen atoms in total. The molecule has 0 unspecified atom stereocenters. The lowest BCUT2D eigenvalue weighted by molar-refractivity contribution is -0.132. The summed E-state index contributed by atoms with van der Waals surface area (Å²) < 4.78 is 0. The van der Waals surface area contributed by atoms with Crippen LogP contribution in [0, 0.1) is 0 Å². The molecule has 2 heterocycles. The van der Waals surface area contributed by atoms with Gasteiger partial charge in [-0.05, 0) is 24.8 Å². The first-order chi connectivity index (χ1) is 12.7. The third kappa shape index (κ3) is 4.64. The Morgan fingerprint density at radius 3 is 2.65 bits per heavy atom. The van der Waals surface area contributed by atoms with E-state index in [1.807, 2.05) is 28.0 Å². The molecule has 0 bridgehead atoms. The van der Waals surface area contributed by atoms with Gasteiger partial charge in [-0.1, -0.05) is 43.7 Å². The molecule has 2 fully saturated rings. The molecule has 2 aliphatic heterocycles. The highest BCUT2D eigenvalue weighted by molar-refractivity contribution is 5.84. The molecule has 2 amide bonds. The fourth-order valence-electron chi connectivity index (χ4n) is 4.01. The Balaban J connectivity index is 1.53. The first kappa shape index (κ1) is 18.9. The molecule has 1 aromatic rings. The van der Waals surface area contributed by atoms with Crippen LogP contribution in [0.15, 0.2) is 30.3 Å². The second-order valence-corrected chi connectivity index (χ2v) is 7.42. The predicted molar refractivity (Wildman–Crippen MR) is 103 cm³/mol. The molecule has 2 saturated heterocycles. The van der Waals surface area contributed by atoms with E-state index in [-0.39, 0.29) is 17.9 Å². The molecule has 0 aliphatic carbocycles. The normalized spacial score (nSPS) is 21.9. The van der Waals surface area contributed by atoms with E-state index in [0.717, 1.165) is 58.4 Å². The van der Waals surface area contributed by atoms with E-state index in [9.17, 15) is 9.59 Å². The van der Waals surface area contributed by atoms with Crippen molar-refractivity contribution in [3.8, 4) is 0 Å². The second kappa shape index (κ2) is 9.17. The van der Waals surface area contributed by atoms with Gasteiger partial charge in [0.05, 0.1) is 6.04 Å². The van der Waals surface area contributed by atoms with Crippen LogP contribution in [-0.4, -0.2) is 65.3 Å². The van der Waals surface area contributed by atoms with Crippen LogP contribution in [0.3, 0.4) is 0 Å². The minimum atomic E-state index is -0.00981. The SMILES string of the molecule is CCCCC(=O)N1CCCN([C@@H]2CCN(Cc3ccccc3)C2=O)CC1. The molecule has 142 valence electrons. The summed E-state index contributed by atoms with van der Waals surface area (Å²) in [5.41, 5.74) is 1.19. The van der Waals surface area contributed by atoms with Crippen molar-refractivity contribution in [1.82, 2.24) is 14.7 Å². The number of rotatable bonds is 6. The second-order valence-electron chi connectivity index (χ2n) is 7.42. The van der Waals surface area contributed by atoms with Crippen molar-refractivity contribution in [2.75, 3.05) is 32.7 Å². The lowest BCUT2D eigenvalue weighted by atomic mass is 10.2. The van der Waals surface area contributed by atoms with Gasteiger partial charge in [-0.25, -0.2) is 0 Å². The molecule has 0 aromatic heterocycles. The lowest BCUT2D eigenvalue weighted by Gasteiger charge is -2.26. The summed E-state index contributed by atoms with van der Waals surface area (Å²) in [7, 11) is 0. The van der Waals surface area contributed by atoms with E-state index in [2.05, 4.69) is 24.0 Å². The predicted octanol–water partition coefficient (Wildman–Crippen LogP) is 2.51. The summed E-state index contributed by atoms with van der Waals surface area (Å²) in [5, 5.41) is 0.